The zero-order valence-electron chi connectivity index (χ0n) is 18.3. The second kappa shape index (κ2) is 10.3. The summed E-state index contributed by atoms with van der Waals surface area (Å²) in [6.45, 7) is -0.234. The van der Waals surface area contributed by atoms with E-state index in [0.29, 0.717) is 41.3 Å². The van der Waals surface area contributed by atoms with E-state index in [1.165, 1.54) is 47.7 Å². The predicted molar refractivity (Wildman–Crippen MR) is 123 cm³/mol. The second-order valence-electron chi connectivity index (χ2n) is 7.91. The Hall–Kier alpha value is -3.40. The molecule has 1 fully saturated rings. The van der Waals surface area contributed by atoms with Gasteiger partial charge in [0.15, 0.2) is 5.13 Å². The fraction of sp³-hybridized carbons (Fsp3) is 0.292. The number of carbonyl (C=O) groups excluding carboxylic acids is 2. The molecular weight excluding hydrogens is 467 g/mol. The Kier molecular flexibility index (Phi) is 7.16. The van der Waals surface area contributed by atoms with Crippen molar-refractivity contribution in [1.29, 1.82) is 0 Å². The highest BCUT2D eigenvalue weighted by Gasteiger charge is 2.29. The van der Waals surface area contributed by atoms with Gasteiger partial charge in [0, 0.05) is 29.1 Å². The number of hydrogen-bond donors (Lipinski definition) is 1. The van der Waals surface area contributed by atoms with E-state index < -0.39 is 18.3 Å². The zero-order chi connectivity index (χ0) is 24.2. The summed E-state index contributed by atoms with van der Waals surface area (Å²) in [6.07, 6.45) is 1.32. The lowest BCUT2D eigenvalue weighted by molar-refractivity contribution is -0.121. The number of nitrogens with one attached hydrogen (secondary N) is 1. The number of piperidine rings is 1. The largest absolute Gasteiger partial charge is 0.435 e. The van der Waals surface area contributed by atoms with Gasteiger partial charge in [-0.25, -0.2) is 9.37 Å². The van der Waals surface area contributed by atoms with Gasteiger partial charge in [-0.3, -0.25) is 9.59 Å². The van der Waals surface area contributed by atoms with Crippen molar-refractivity contribution in [3.63, 3.8) is 0 Å². The van der Waals surface area contributed by atoms with Crippen LogP contribution in [0.4, 0.5) is 18.3 Å². The lowest BCUT2D eigenvalue weighted by atomic mass is 9.96. The summed E-state index contributed by atoms with van der Waals surface area (Å²) in [7, 11) is 0. The standard InChI is InChI=1S/C24H22F3N3O3S/c1-14-20(15-6-10-19(11-7-15)33-23(26)27)28-24(34-14)29-21(31)17-3-2-12-30(13-17)22(32)16-4-8-18(25)9-5-16/h4-11,17,23H,2-3,12-13H2,1H3,(H,28,29,31). The highest BCUT2D eigenvalue weighted by atomic mass is 32.1. The number of aromatic nitrogens is 1. The summed E-state index contributed by atoms with van der Waals surface area (Å²) in [6, 6.07) is 11.5. The molecule has 1 saturated heterocycles. The van der Waals surface area contributed by atoms with Gasteiger partial charge in [-0.15, -0.1) is 11.3 Å². The second-order valence-corrected chi connectivity index (χ2v) is 9.12. The minimum atomic E-state index is -2.89. The van der Waals surface area contributed by atoms with Crippen LogP contribution in [0.2, 0.25) is 0 Å². The van der Waals surface area contributed by atoms with E-state index in [2.05, 4.69) is 15.0 Å². The molecule has 1 unspecified atom stereocenters. The third-order valence-electron chi connectivity index (χ3n) is 5.55. The summed E-state index contributed by atoms with van der Waals surface area (Å²) in [5.74, 6) is -1.21. The molecule has 6 nitrogen and oxygen atoms in total. The first kappa shape index (κ1) is 23.7. The normalized spacial score (nSPS) is 15.9. The van der Waals surface area contributed by atoms with Crippen molar-refractivity contribution in [2.75, 3.05) is 18.4 Å². The molecule has 10 heteroatoms. The van der Waals surface area contributed by atoms with Crippen molar-refractivity contribution < 1.29 is 27.5 Å². The van der Waals surface area contributed by atoms with Gasteiger partial charge in [0.05, 0.1) is 11.6 Å². The van der Waals surface area contributed by atoms with E-state index in [4.69, 9.17) is 0 Å². The molecule has 34 heavy (non-hydrogen) atoms. The van der Waals surface area contributed by atoms with Gasteiger partial charge >= 0.3 is 6.61 Å². The first-order chi connectivity index (χ1) is 16.3. The van der Waals surface area contributed by atoms with Crippen LogP contribution >= 0.6 is 11.3 Å². The molecule has 0 spiro atoms. The number of carbonyl (C=O) groups is 2. The molecule has 3 aromatic rings. The van der Waals surface area contributed by atoms with Gasteiger partial charge in [-0.05, 0) is 68.3 Å². The Morgan fingerprint density at radius 1 is 1.15 bits per heavy atom. The summed E-state index contributed by atoms with van der Waals surface area (Å²) in [5.41, 5.74) is 1.73. The number of aryl methyl sites for hydroxylation is 1. The van der Waals surface area contributed by atoms with Crippen LogP contribution in [0.25, 0.3) is 11.3 Å². The molecule has 0 radical (unpaired) electrons. The number of likely N-dealkylation sites (tertiary alicyclic amines) is 1. The topological polar surface area (TPSA) is 71.5 Å². The summed E-state index contributed by atoms with van der Waals surface area (Å²) in [5, 5.41) is 3.27. The first-order valence-corrected chi connectivity index (χ1v) is 11.5. The van der Waals surface area contributed by atoms with E-state index >= 15 is 0 Å². The Labute approximate surface area is 198 Å². The van der Waals surface area contributed by atoms with Gasteiger partial charge in [0.2, 0.25) is 5.91 Å². The van der Waals surface area contributed by atoms with Gasteiger partial charge in [0.1, 0.15) is 11.6 Å². The molecule has 4 rings (SSSR count). The SMILES string of the molecule is Cc1sc(NC(=O)C2CCCN(C(=O)c3ccc(F)cc3)C2)nc1-c1ccc(OC(F)F)cc1. The van der Waals surface area contributed by atoms with E-state index in [9.17, 15) is 22.8 Å². The van der Waals surface area contributed by atoms with E-state index in [1.807, 2.05) is 6.92 Å². The lowest BCUT2D eigenvalue weighted by Crippen LogP contribution is -2.43. The van der Waals surface area contributed by atoms with Crippen LogP contribution in [-0.2, 0) is 4.79 Å². The van der Waals surface area contributed by atoms with Crippen LogP contribution in [0.3, 0.4) is 0 Å². The van der Waals surface area contributed by atoms with Crippen molar-refractivity contribution >= 4 is 28.3 Å². The van der Waals surface area contributed by atoms with Crippen LogP contribution in [0, 0.1) is 18.7 Å². The first-order valence-electron chi connectivity index (χ1n) is 10.7. The average molecular weight is 490 g/mol. The van der Waals surface area contributed by atoms with Gasteiger partial charge in [-0.2, -0.15) is 8.78 Å². The summed E-state index contributed by atoms with van der Waals surface area (Å²) in [4.78, 5) is 32.6. The number of amides is 2. The minimum Gasteiger partial charge on any atom is -0.435 e. The molecule has 1 atom stereocenters. The van der Waals surface area contributed by atoms with Crippen LogP contribution in [0.15, 0.2) is 48.5 Å². The van der Waals surface area contributed by atoms with Crippen LogP contribution in [-0.4, -0.2) is 41.4 Å². The van der Waals surface area contributed by atoms with Crippen LogP contribution in [0.1, 0.15) is 28.1 Å². The Balaban J connectivity index is 1.40. The number of halogens is 3. The van der Waals surface area contributed by atoms with Crippen molar-refractivity contribution in [1.82, 2.24) is 9.88 Å². The average Bonchev–Trinajstić information content (AvgIpc) is 3.19. The molecular formula is C24H22F3N3O3S. The fourth-order valence-electron chi connectivity index (χ4n) is 3.87. The lowest BCUT2D eigenvalue weighted by Gasteiger charge is -2.32. The monoisotopic (exact) mass is 489 g/mol. The number of anilines is 1. The number of benzene rings is 2. The van der Waals surface area contributed by atoms with Gasteiger partial charge in [-0.1, -0.05) is 0 Å². The summed E-state index contributed by atoms with van der Waals surface area (Å²) >= 11 is 1.31. The Bertz CT molecular complexity index is 1170. The third-order valence-corrected chi connectivity index (χ3v) is 6.44. The fourth-order valence-corrected chi connectivity index (χ4v) is 4.71. The number of rotatable bonds is 6. The molecule has 0 aliphatic carbocycles. The van der Waals surface area contributed by atoms with E-state index in [0.717, 1.165) is 4.88 Å². The van der Waals surface area contributed by atoms with E-state index in [1.54, 1.807) is 17.0 Å². The minimum absolute atomic E-state index is 0.0530. The quantitative estimate of drug-likeness (QED) is 0.507. The molecule has 1 N–H and O–H groups in total. The molecule has 1 aromatic heterocycles. The molecule has 2 amide bonds. The molecule has 178 valence electrons. The number of hydrogen-bond acceptors (Lipinski definition) is 5. The molecule has 2 aromatic carbocycles. The highest BCUT2D eigenvalue weighted by molar-refractivity contribution is 7.16. The number of alkyl halides is 2. The van der Waals surface area contributed by atoms with Crippen molar-refractivity contribution in [3.8, 4) is 17.0 Å². The van der Waals surface area contributed by atoms with Gasteiger partial charge in [0.25, 0.3) is 5.91 Å². The van der Waals surface area contributed by atoms with Crippen molar-refractivity contribution in [2.45, 2.75) is 26.4 Å². The Morgan fingerprint density at radius 3 is 2.53 bits per heavy atom. The molecule has 1 aliphatic rings. The number of thiazole rings is 1. The molecule has 0 saturated carbocycles. The van der Waals surface area contributed by atoms with Crippen molar-refractivity contribution in [2.24, 2.45) is 5.92 Å². The maximum absolute atomic E-state index is 13.2. The molecule has 1 aliphatic heterocycles. The van der Waals surface area contributed by atoms with Crippen LogP contribution < -0.4 is 10.1 Å². The molecule has 0 bridgehead atoms. The molecule has 2 heterocycles. The maximum atomic E-state index is 13.2. The van der Waals surface area contributed by atoms with Gasteiger partial charge < -0.3 is 15.0 Å². The zero-order valence-corrected chi connectivity index (χ0v) is 19.1. The van der Waals surface area contributed by atoms with Crippen LogP contribution in [0.5, 0.6) is 5.75 Å². The highest BCUT2D eigenvalue weighted by Crippen LogP contribution is 2.32. The van der Waals surface area contributed by atoms with E-state index in [-0.39, 0.29) is 24.1 Å². The number of ether oxygens (including phenoxy) is 1. The maximum Gasteiger partial charge on any atom is 0.387 e. The smallest absolute Gasteiger partial charge is 0.387 e. The van der Waals surface area contributed by atoms with Crippen molar-refractivity contribution in [3.05, 3.63) is 64.8 Å². The predicted octanol–water partition coefficient (Wildman–Crippen LogP) is 5.35. The number of nitrogens with zero attached hydrogens (tertiary/aromatic N) is 2. The third kappa shape index (κ3) is 5.56. The Morgan fingerprint density at radius 2 is 1.85 bits per heavy atom. The summed E-state index contributed by atoms with van der Waals surface area (Å²) < 4.78 is 42.2.